The summed E-state index contributed by atoms with van der Waals surface area (Å²) in [5.41, 5.74) is 3.43. The van der Waals surface area contributed by atoms with Crippen molar-refractivity contribution in [3.8, 4) is 0 Å². The lowest BCUT2D eigenvalue weighted by Gasteiger charge is -2.19. The van der Waals surface area contributed by atoms with Crippen LogP contribution in [0.2, 0.25) is 0 Å². The lowest BCUT2D eigenvalue weighted by Crippen LogP contribution is -2.26. The van der Waals surface area contributed by atoms with E-state index in [2.05, 4.69) is 53.5 Å². The second-order valence-corrected chi connectivity index (χ2v) is 8.14. The number of hydrogen-bond donors (Lipinski definition) is 2. The van der Waals surface area contributed by atoms with E-state index in [0.717, 1.165) is 25.7 Å². The molecule has 2 heterocycles. The Balaban J connectivity index is 1.49. The molecule has 1 saturated carbocycles. The quantitative estimate of drug-likeness (QED) is 0.842. The minimum Gasteiger partial charge on any atom is -0.390 e. The summed E-state index contributed by atoms with van der Waals surface area (Å²) in [6, 6.07) is 7.32. The molecule has 0 amide bonds. The number of nitrogens with one attached hydrogen (secondary N) is 1. The van der Waals surface area contributed by atoms with Gasteiger partial charge >= 0.3 is 0 Å². The van der Waals surface area contributed by atoms with Crippen molar-refractivity contribution in [3.63, 3.8) is 0 Å². The van der Waals surface area contributed by atoms with Gasteiger partial charge in [0.25, 0.3) is 0 Å². The molecule has 2 N–H and O–H groups in total. The monoisotopic (exact) mass is 338 g/mol. The van der Waals surface area contributed by atoms with E-state index in [-0.39, 0.29) is 0 Å². The second kappa shape index (κ2) is 6.97. The number of likely N-dealkylation sites (N-methyl/N-ethyl adjacent to an activating group) is 1. The normalized spacial score (nSPS) is 24.0. The highest BCUT2D eigenvalue weighted by atomic mass is 16.3. The van der Waals surface area contributed by atoms with Crippen LogP contribution in [0.15, 0.2) is 30.5 Å². The highest BCUT2D eigenvalue weighted by Crippen LogP contribution is 2.33. The zero-order valence-electron chi connectivity index (χ0n) is 15.3. The molecule has 1 aliphatic heterocycles. The van der Waals surface area contributed by atoms with Crippen LogP contribution in [0.1, 0.15) is 56.1 Å². The summed E-state index contributed by atoms with van der Waals surface area (Å²) in [5.74, 6) is 0. The number of H-pyrrole nitrogens is 1. The summed E-state index contributed by atoms with van der Waals surface area (Å²) in [7, 11) is 2.24. The Bertz CT molecular complexity index is 754. The molecule has 0 radical (unpaired) electrons. The molecule has 2 fully saturated rings. The molecule has 25 heavy (non-hydrogen) atoms. The van der Waals surface area contributed by atoms with Gasteiger partial charge in [0.1, 0.15) is 0 Å². The standard InChI is InChI=1S/C22H30N2O/c1-24-13-5-7-19(24)15-18-16-23-21-9-8-17(14-20(18)21)6-4-12-22(25)10-2-3-11-22/h4,6,8-9,14,16,19,23,25H,2-3,5,7,10-13,15H2,1H3/t19-/m1/s1. The molecule has 4 rings (SSSR count). The van der Waals surface area contributed by atoms with Crippen molar-refractivity contribution >= 4 is 17.0 Å². The summed E-state index contributed by atoms with van der Waals surface area (Å²) < 4.78 is 0. The molecule has 134 valence electrons. The maximum Gasteiger partial charge on any atom is 0.0682 e. The van der Waals surface area contributed by atoms with Crippen molar-refractivity contribution in [1.82, 2.24) is 9.88 Å². The fraction of sp³-hybridized carbons (Fsp3) is 0.545. The summed E-state index contributed by atoms with van der Waals surface area (Å²) in [5, 5.41) is 11.8. The van der Waals surface area contributed by atoms with Gasteiger partial charge in [0.2, 0.25) is 0 Å². The number of hydrogen-bond acceptors (Lipinski definition) is 2. The van der Waals surface area contributed by atoms with Gasteiger partial charge in [-0.1, -0.05) is 31.1 Å². The molecule has 3 nitrogen and oxygen atoms in total. The van der Waals surface area contributed by atoms with E-state index in [1.54, 1.807) is 0 Å². The van der Waals surface area contributed by atoms with Gasteiger partial charge in [-0.2, -0.15) is 0 Å². The number of aromatic amines is 1. The van der Waals surface area contributed by atoms with Gasteiger partial charge in [0.05, 0.1) is 5.60 Å². The van der Waals surface area contributed by atoms with Gasteiger partial charge in [0.15, 0.2) is 0 Å². The Kier molecular flexibility index (Phi) is 4.70. The smallest absolute Gasteiger partial charge is 0.0682 e. The number of likely N-dealkylation sites (tertiary alicyclic amines) is 1. The van der Waals surface area contributed by atoms with Crippen LogP contribution < -0.4 is 0 Å². The van der Waals surface area contributed by atoms with Crippen molar-refractivity contribution in [3.05, 3.63) is 41.6 Å². The Morgan fingerprint density at radius 3 is 2.88 bits per heavy atom. The third-order valence-corrected chi connectivity index (χ3v) is 6.26. The van der Waals surface area contributed by atoms with Gasteiger partial charge < -0.3 is 15.0 Å². The van der Waals surface area contributed by atoms with E-state index in [0.29, 0.717) is 6.04 Å². The van der Waals surface area contributed by atoms with Gasteiger partial charge in [-0.05, 0) is 75.4 Å². The lowest BCUT2D eigenvalue weighted by molar-refractivity contribution is 0.0511. The summed E-state index contributed by atoms with van der Waals surface area (Å²) >= 11 is 0. The predicted octanol–water partition coefficient (Wildman–Crippen LogP) is 4.51. The molecule has 1 aliphatic carbocycles. The first-order valence-electron chi connectivity index (χ1n) is 9.82. The van der Waals surface area contributed by atoms with Crippen LogP contribution in [-0.4, -0.2) is 40.2 Å². The SMILES string of the molecule is CN1CCC[C@@H]1Cc1c[nH]c2ccc(C=CCC3(O)CCCC3)cc12. The number of aromatic nitrogens is 1. The molecule has 0 unspecified atom stereocenters. The number of nitrogens with zero attached hydrogens (tertiary/aromatic N) is 1. The number of rotatable bonds is 5. The van der Waals surface area contributed by atoms with E-state index in [9.17, 15) is 5.11 Å². The van der Waals surface area contributed by atoms with Crippen LogP contribution in [0.3, 0.4) is 0 Å². The summed E-state index contributed by atoms with van der Waals surface area (Å²) in [6.45, 7) is 1.23. The van der Waals surface area contributed by atoms with E-state index in [1.807, 2.05) is 0 Å². The first-order valence-corrected chi connectivity index (χ1v) is 9.82. The first kappa shape index (κ1) is 16.9. The molecule has 0 bridgehead atoms. The van der Waals surface area contributed by atoms with Gasteiger partial charge in [-0.15, -0.1) is 0 Å². The second-order valence-electron chi connectivity index (χ2n) is 8.14. The molecular weight excluding hydrogens is 308 g/mol. The third kappa shape index (κ3) is 3.68. The van der Waals surface area contributed by atoms with Crippen LogP contribution in [-0.2, 0) is 6.42 Å². The van der Waals surface area contributed by atoms with Crippen LogP contribution in [0.25, 0.3) is 17.0 Å². The largest absolute Gasteiger partial charge is 0.390 e. The van der Waals surface area contributed by atoms with Crippen molar-refractivity contribution in [1.29, 1.82) is 0 Å². The maximum absolute atomic E-state index is 10.5. The molecule has 1 aromatic carbocycles. The number of benzene rings is 1. The first-order chi connectivity index (χ1) is 12.1. The maximum atomic E-state index is 10.5. The van der Waals surface area contributed by atoms with Crippen molar-refractivity contribution in [2.45, 2.75) is 63.0 Å². The van der Waals surface area contributed by atoms with E-state index in [4.69, 9.17) is 0 Å². The van der Waals surface area contributed by atoms with Crippen molar-refractivity contribution in [2.75, 3.05) is 13.6 Å². The van der Waals surface area contributed by atoms with Crippen molar-refractivity contribution < 1.29 is 5.11 Å². The van der Waals surface area contributed by atoms with Gasteiger partial charge in [-0.3, -0.25) is 0 Å². The fourth-order valence-electron chi connectivity index (χ4n) is 4.61. The minimum atomic E-state index is -0.451. The third-order valence-electron chi connectivity index (χ3n) is 6.26. The highest BCUT2D eigenvalue weighted by molar-refractivity contribution is 5.85. The Morgan fingerprint density at radius 1 is 1.28 bits per heavy atom. The van der Waals surface area contributed by atoms with E-state index >= 15 is 0 Å². The summed E-state index contributed by atoms with van der Waals surface area (Å²) in [6.07, 6.45) is 15.3. The van der Waals surface area contributed by atoms with E-state index in [1.165, 1.54) is 54.3 Å². The molecule has 1 aromatic heterocycles. The fourth-order valence-corrected chi connectivity index (χ4v) is 4.61. The minimum absolute atomic E-state index is 0.451. The Morgan fingerprint density at radius 2 is 2.12 bits per heavy atom. The predicted molar refractivity (Wildman–Crippen MR) is 105 cm³/mol. The summed E-state index contributed by atoms with van der Waals surface area (Å²) in [4.78, 5) is 5.92. The molecular formula is C22H30N2O. The van der Waals surface area contributed by atoms with Crippen LogP contribution in [0.5, 0.6) is 0 Å². The molecule has 1 atom stereocenters. The molecule has 2 aromatic rings. The van der Waals surface area contributed by atoms with E-state index < -0.39 is 5.60 Å². The van der Waals surface area contributed by atoms with Crippen molar-refractivity contribution in [2.24, 2.45) is 0 Å². The van der Waals surface area contributed by atoms with Crippen LogP contribution >= 0.6 is 0 Å². The molecule has 1 saturated heterocycles. The average molecular weight is 338 g/mol. The number of fused-ring (bicyclic) bond motifs is 1. The number of aliphatic hydroxyl groups is 1. The van der Waals surface area contributed by atoms with Crippen LogP contribution in [0.4, 0.5) is 0 Å². The van der Waals surface area contributed by atoms with Gasteiger partial charge in [0, 0.05) is 23.1 Å². The van der Waals surface area contributed by atoms with Crippen LogP contribution in [0, 0.1) is 0 Å². The van der Waals surface area contributed by atoms with Gasteiger partial charge in [-0.25, -0.2) is 0 Å². The zero-order valence-corrected chi connectivity index (χ0v) is 15.3. The lowest BCUT2D eigenvalue weighted by atomic mass is 9.97. The Labute approximate surface area is 150 Å². The highest BCUT2D eigenvalue weighted by Gasteiger charge is 2.29. The Hall–Kier alpha value is -1.58. The zero-order chi connectivity index (χ0) is 17.3. The topological polar surface area (TPSA) is 39.3 Å². The molecule has 0 spiro atoms. The molecule has 2 aliphatic rings. The molecule has 3 heteroatoms. The average Bonchev–Trinajstić information content (AvgIpc) is 3.31.